The molecule has 74 valence electrons. The fourth-order valence-electron chi connectivity index (χ4n) is 0.885. The number of phenolic OH excluding ortho intramolecular Hbond substituents is 1. The van der Waals surface area contributed by atoms with Gasteiger partial charge < -0.3 is 5.11 Å². The Morgan fingerprint density at radius 2 is 2.07 bits per heavy atom. The maximum absolute atomic E-state index is 11.0. The lowest BCUT2D eigenvalue weighted by atomic mass is 10.2. The molecule has 1 aromatic rings. The van der Waals surface area contributed by atoms with Crippen LogP contribution < -0.4 is 0 Å². The Kier molecular flexibility index (Phi) is 3.04. The average Bonchev–Trinajstić information content (AvgIpc) is 1.99. The lowest BCUT2D eigenvalue weighted by Gasteiger charge is -2.03. The van der Waals surface area contributed by atoms with Crippen LogP contribution in [0.4, 0.5) is 0 Å². The summed E-state index contributed by atoms with van der Waals surface area (Å²) >= 11 is 2.90. The van der Waals surface area contributed by atoms with Crippen molar-refractivity contribution in [1.82, 2.24) is 0 Å². The van der Waals surface area contributed by atoms with Gasteiger partial charge >= 0.3 is 0 Å². The van der Waals surface area contributed by atoms with E-state index in [2.05, 4.69) is 15.9 Å². The van der Waals surface area contributed by atoms with Gasteiger partial charge in [-0.25, -0.2) is 8.42 Å². The molecular formula is C7H3BrClNO3S. The second-order valence-electron chi connectivity index (χ2n) is 2.36. The van der Waals surface area contributed by atoms with E-state index < -0.39 is 19.7 Å². The van der Waals surface area contributed by atoms with Gasteiger partial charge in [0.2, 0.25) is 0 Å². The van der Waals surface area contributed by atoms with Crippen LogP contribution in [0.2, 0.25) is 0 Å². The molecule has 0 unspecified atom stereocenters. The van der Waals surface area contributed by atoms with Crippen molar-refractivity contribution in [2.45, 2.75) is 4.90 Å². The summed E-state index contributed by atoms with van der Waals surface area (Å²) in [4.78, 5) is -0.432. The smallest absolute Gasteiger partial charge is 0.266 e. The zero-order valence-electron chi connectivity index (χ0n) is 6.53. The summed E-state index contributed by atoms with van der Waals surface area (Å²) in [5.41, 5.74) is 0.137. The zero-order valence-corrected chi connectivity index (χ0v) is 9.69. The van der Waals surface area contributed by atoms with Gasteiger partial charge in [0.05, 0.1) is 11.6 Å². The van der Waals surface area contributed by atoms with E-state index in [1.54, 1.807) is 6.07 Å². The van der Waals surface area contributed by atoms with Crippen molar-refractivity contribution in [3.8, 4) is 11.8 Å². The first-order valence-electron chi connectivity index (χ1n) is 3.23. The molecule has 0 radical (unpaired) electrons. The molecule has 4 nitrogen and oxygen atoms in total. The molecule has 14 heavy (non-hydrogen) atoms. The van der Waals surface area contributed by atoms with Gasteiger partial charge in [-0.05, 0) is 28.1 Å². The Bertz CT molecular complexity index is 497. The van der Waals surface area contributed by atoms with E-state index in [9.17, 15) is 13.5 Å². The topological polar surface area (TPSA) is 78.2 Å². The second kappa shape index (κ2) is 3.77. The van der Waals surface area contributed by atoms with Gasteiger partial charge in [-0.1, -0.05) is 0 Å². The number of halogens is 2. The molecule has 0 aliphatic rings. The van der Waals surface area contributed by atoms with Gasteiger partial charge in [-0.2, -0.15) is 5.26 Å². The lowest BCUT2D eigenvalue weighted by molar-refractivity contribution is 0.458. The Hall–Kier alpha value is -0.770. The van der Waals surface area contributed by atoms with E-state index in [1.165, 1.54) is 6.07 Å². The molecule has 0 fully saturated rings. The maximum atomic E-state index is 11.0. The van der Waals surface area contributed by atoms with Crippen molar-refractivity contribution in [3.05, 3.63) is 22.2 Å². The third-order valence-electron chi connectivity index (χ3n) is 1.40. The van der Waals surface area contributed by atoms with Crippen LogP contribution in [0.15, 0.2) is 21.5 Å². The molecule has 0 saturated heterocycles. The van der Waals surface area contributed by atoms with Crippen LogP contribution in [0.3, 0.4) is 0 Å². The Balaban J connectivity index is 3.59. The number of aromatic hydroxyl groups is 1. The first kappa shape index (κ1) is 11.3. The van der Waals surface area contributed by atoms with Crippen molar-refractivity contribution in [2.75, 3.05) is 0 Å². The first-order chi connectivity index (χ1) is 6.36. The van der Waals surface area contributed by atoms with Crippen LogP contribution in [0.1, 0.15) is 5.56 Å². The molecule has 0 amide bonds. The molecule has 1 aromatic carbocycles. The summed E-state index contributed by atoms with van der Waals surface area (Å²) in [6.07, 6.45) is 0. The molecule has 0 bridgehead atoms. The quantitative estimate of drug-likeness (QED) is 0.804. The highest BCUT2D eigenvalue weighted by Gasteiger charge is 2.20. The molecule has 0 saturated carbocycles. The van der Waals surface area contributed by atoms with Crippen LogP contribution in [-0.4, -0.2) is 13.5 Å². The SMILES string of the molecule is N#Cc1cc(O)c(S(=O)(=O)Cl)c(Br)c1. The van der Waals surface area contributed by atoms with Gasteiger partial charge in [0.1, 0.15) is 10.6 Å². The zero-order chi connectivity index (χ0) is 10.9. The molecule has 0 aromatic heterocycles. The number of nitrogens with zero attached hydrogens (tertiary/aromatic N) is 1. The molecule has 0 aliphatic carbocycles. The fourth-order valence-corrected chi connectivity index (χ4v) is 3.34. The van der Waals surface area contributed by atoms with E-state index in [4.69, 9.17) is 15.9 Å². The first-order valence-corrected chi connectivity index (χ1v) is 6.33. The van der Waals surface area contributed by atoms with Gasteiger partial charge in [0.15, 0.2) is 0 Å². The summed E-state index contributed by atoms with van der Waals surface area (Å²) in [7, 11) is 1.04. The second-order valence-corrected chi connectivity index (χ2v) is 5.71. The average molecular weight is 297 g/mol. The minimum atomic E-state index is -4.02. The Morgan fingerprint density at radius 3 is 2.43 bits per heavy atom. The van der Waals surface area contributed by atoms with E-state index in [-0.39, 0.29) is 10.0 Å². The summed E-state index contributed by atoms with van der Waals surface area (Å²) < 4.78 is 22.0. The van der Waals surface area contributed by atoms with E-state index in [0.29, 0.717) is 0 Å². The number of hydrogen-bond donors (Lipinski definition) is 1. The van der Waals surface area contributed by atoms with Crippen LogP contribution in [-0.2, 0) is 9.05 Å². The fraction of sp³-hybridized carbons (Fsp3) is 0. The van der Waals surface area contributed by atoms with Crippen molar-refractivity contribution < 1.29 is 13.5 Å². The number of rotatable bonds is 1. The van der Waals surface area contributed by atoms with Crippen molar-refractivity contribution in [1.29, 1.82) is 5.26 Å². The van der Waals surface area contributed by atoms with Gasteiger partial charge in [0, 0.05) is 15.2 Å². The number of hydrogen-bond acceptors (Lipinski definition) is 4. The van der Waals surface area contributed by atoms with Crippen LogP contribution in [0.25, 0.3) is 0 Å². The highest BCUT2D eigenvalue weighted by Crippen LogP contribution is 2.34. The van der Waals surface area contributed by atoms with Crippen LogP contribution in [0.5, 0.6) is 5.75 Å². The van der Waals surface area contributed by atoms with E-state index >= 15 is 0 Å². The van der Waals surface area contributed by atoms with Crippen LogP contribution in [0, 0.1) is 11.3 Å². The standard InChI is InChI=1S/C7H3BrClNO3S/c8-5-1-4(3-10)2-6(11)7(5)14(9,12)13/h1-2,11H. The predicted octanol–water partition coefficient (Wildman–Crippen LogP) is 1.95. The normalized spacial score (nSPS) is 10.9. The van der Waals surface area contributed by atoms with E-state index in [1.807, 2.05) is 0 Å². The van der Waals surface area contributed by atoms with Crippen molar-refractivity contribution in [2.24, 2.45) is 0 Å². The number of phenols is 1. The maximum Gasteiger partial charge on any atom is 0.266 e. The monoisotopic (exact) mass is 295 g/mol. The summed E-state index contributed by atoms with van der Waals surface area (Å²) in [5, 5.41) is 17.8. The Morgan fingerprint density at radius 1 is 1.50 bits per heavy atom. The minimum absolute atomic E-state index is 0.0593. The number of nitriles is 1. The summed E-state index contributed by atoms with van der Waals surface area (Å²) in [5.74, 6) is -0.550. The highest BCUT2D eigenvalue weighted by molar-refractivity contribution is 9.10. The van der Waals surface area contributed by atoms with E-state index in [0.717, 1.165) is 6.07 Å². The third-order valence-corrected chi connectivity index (χ3v) is 3.66. The van der Waals surface area contributed by atoms with Crippen molar-refractivity contribution in [3.63, 3.8) is 0 Å². The molecule has 1 rings (SSSR count). The largest absolute Gasteiger partial charge is 0.506 e. The molecule has 0 spiro atoms. The molecule has 1 N–H and O–H groups in total. The minimum Gasteiger partial charge on any atom is -0.506 e. The molecule has 7 heteroatoms. The van der Waals surface area contributed by atoms with Crippen molar-refractivity contribution >= 4 is 35.7 Å². The third kappa shape index (κ3) is 2.18. The predicted molar refractivity (Wildman–Crippen MR) is 53.6 cm³/mol. The molecule has 0 aliphatic heterocycles. The molecule has 0 heterocycles. The molecule has 0 atom stereocenters. The number of benzene rings is 1. The highest BCUT2D eigenvalue weighted by atomic mass is 79.9. The van der Waals surface area contributed by atoms with Gasteiger partial charge in [-0.3, -0.25) is 0 Å². The summed E-state index contributed by atoms with van der Waals surface area (Å²) in [6.45, 7) is 0. The molecular weight excluding hydrogens is 294 g/mol. The van der Waals surface area contributed by atoms with Crippen LogP contribution >= 0.6 is 26.6 Å². The van der Waals surface area contributed by atoms with Gasteiger partial charge in [0.25, 0.3) is 9.05 Å². The summed E-state index contributed by atoms with van der Waals surface area (Å²) in [6, 6.07) is 4.05. The Labute approximate surface area is 93.3 Å². The van der Waals surface area contributed by atoms with Gasteiger partial charge in [-0.15, -0.1) is 0 Å². The lowest BCUT2D eigenvalue weighted by Crippen LogP contribution is -1.93.